The molecule has 100 valence electrons. The molecular formula is C14H21ClN2O. The number of amides is 1. The molecule has 0 aliphatic rings. The molecule has 1 aromatic rings. The third-order valence-electron chi connectivity index (χ3n) is 2.75. The van der Waals surface area contributed by atoms with Gasteiger partial charge in [0.05, 0.1) is 12.6 Å². The molecule has 0 radical (unpaired) electrons. The summed E-state index contributed by atoms with van der Waals surface area (Å²) in [5, 5.41) is 6.77. The van der Waals surface area contributed by atoms with Crippen LogP contribution in [0, 0.1) is 5.92 Å². The van der Waals surface area contributed by atoms with Crippen molar-refractivity contribution >= 4 is 17.5 Å². The van der Waals surface area contributed by atoms with Crippen molar-refractivity contribution in [3.8, 4) is 0 Å². The van der Waals surface area contributed by atoms with Gasteiger partial charge in [-0.25, -0.2) is 0 Å². The zero-order valence-electron chi connectivity index (χ0n) is 11.2. The summed E-state index contributed by atoms with van der Waals surface area (Å²) < 4.78 is 0. The van der Waals surface area contributed by atoms with Crippen LogP contribution < -0.4 is 10.6 Å². The number of nitrogens with one attached hydrogen (secondary N) is 2. The van der Waals surface area contributed by atoms with Crippen molar-refractivity contribution in [2.24, 2.45) is 5.92 Å². The predicted octanol–water partition coefficient (Wildman–Crippen LogP) is 2.76. The third-order valence-corrected chi connectivity index (χ3v) is 3.00. The molecular weight excluding hydrogens is 248 g/mol. The molecule has 0 fully saturated rings. The van der Waals surface area contributed by atoms with Crippen LogP contribution in [0.15, 0.2) is 24.3 Å². The molecule has 0 saturated heterocycles. The zero-order valence-corrected chi connectivity index (χ0v) is 11.9. The highest BCUT2D eigenvalue weighted by atomic mass is 35.5. The van der Waals surface area contributed by atoms with E-state index in [1.165, 1.54) is 0 Å². The van der Waals surface area contributed by atoms with E-state index in [0.29, 0.717) is 17.5 Å². The summed E-state index contributed by atoms with van der Waals surface area (Å²) >= 11 is 5.87. The van der Waals surface area contributed by atoms with Crippen molar-refractivity contribution in [1.82, 2.24) is 10.6 Å². The molecule has 0 aliphatic heterocycles. The Morgan fingerprint density at radius 2 is 1.89 bits per heavy atom. The van der Waals surface area contributed by atoms with Crippen LogP contribution in [0.1, 0.15) is 32.4 Å². The largest absolute Gasteiger partial charge is 0.348 e. The summed E-state index contributed by atoms with van der Waals surface area (Å²) in [6.07, 6.45) is 0. The van der Waals surface area contributed by atoms with E-state index in [2.05, 4.69) is 24.5 Å². The van der Waals surface area contributed by atoms with Gasteiger partial charge in [-0.15, -0.1) is 0 Å². The summed E-state index contributed by atoms with van der Waals surface area (Å²) in [6, 6.07) is 7.64. The number of carbonyl (C=O) groups excluding carboxylic acids is 1. The van der Waals surface area contributed by atoms with Crippen LogP contribution in [0.25, 0.3) is 0 Å². The Bertz CT molecular complexity index is 376. The monoisotopic (exact) mass is 268 g/mol. The van der Waals surface area contributed by atoms with Gasteiger partial charge in [-0.1, -0.05) is 44.5 Å². The van der Waals surface area contributed by atoms with Gasteiger partial charge in [-0.05, 0) is 30.2 Å². The maximum atomic E-state index is 11.8. The fraction of sp³-hybridized carbons (Fsp3) is 0.500. The Labute approximate surface area is 114 Å². The topological polar surface area (TPSA) is 41.1 Å². The van der Waals surface area contributed by atoms with Crippen molar-refractivity contribution in [3.63, 3.8) is 0 Å². The van der Waals surface area contributed by atoms with Crippen LogP contribution in [0.2, 0.25) is 5.02 Å². The summed E-state index contributed by atoms with van der Waals surface area (Å²) in [6.45, 7) is 7.31. The molecule has 1 amide bonds. The molecule has 0 aliphatic carbocycles. The van der Waals surface area contributed by atoms with E-state index >= 15 is 0 Å². The maximum Gasteiger partial charge on any atom is 0.234 e. The normalized spacial score (nSPS) is 12.5. The highest BCUT2D eigenvalue weighted by Gasteiger charge is 2.17. The van der Waals surface area contributed by atoms with Crippen LogP contribution in [0.5, 0.6) is 0 Å². The minimum absolute atomic E-state index is 0.0190. The predicted molar refractivity (Wildman–Crippen MR) is 75.7 cm³/mol. The lowest BCUT2D eigenvalue weighted by molar-refractivity contribution is -0.121. The SMILES string of the molecule is CCNCC(=O)NC(c1ccc(Cl)cc1)C(C)C. The number of likely N-dealkylation sites (N-methyl/N-ethyl adjacent to an activating group) is 1. The Morgan fingerprint density at radius 1 is 1.28 bits per heavy atom. The van der Waals surface area contributed by atoms with Gasteiger partial charge in [-0.2, -0.15) is 0 Å². The van der Waals surface area contributed by atoms with E-state index in [0.717, 1.165) is 12.1 Å². The average Bonchev–Trinajstić information content (AvgIpc) is 2.34. The Balaban J connectivity index is 2.71. The molecule has 18 heavy (non-hydrogen) atoms. The van der Waals surface area contributed by atoms with Gasteiger partial charge < -0.3 is 10.6 Å². The van der Waals surface area contributed by atoms with Crippen LogP contribution in [0.3, 0.4) is 0 Å². The van der Waals surface area contributed by atoms with E-state index in [-0.39, 0.29) is 11.9 Å². The number of carbonyl (C=O) groups is 1. The first kappa shape index (κ1) is 15.0. The van der Waals surface area contributed by atoms with E-state index in [1.807, 2.05) is 31.2 Å². The molecule has 4 heteroatoms. The van der Waals surface area contributed by atoms with Gasteiger partial charge in [-0.3, -0.25) is 4.79 Å². The molecule has 1 rings (SSSR count). The summed E-state index contributed by atoms with van der Waals surface area (Å²) in [5.41, 5.74) is 1.08. The molecule has 1 atom stereocenters. The molecule has 1 aromatic carbocycles. The smallest absolute Gasteiger partial charge is 0.234 e. The first-order valence-electron chi connectivity index (χ1n) is 6.30. The summed E-state index contributed by atoms with van der Waals surface area (Å²) in [7, 11) is 0. The number of halogens is 1. The molecule has 0 spiro atoms. The van der Waals surface area contributed by atoms with Crippen molar-refractivity contribution in [2.75, 3.05) is 13.1 Å². The minimum Gasteiger partial charge on any atom is -0.348 e. The molecule has 0 heterocycles. The maximum absolute atomic E-state index is 11.8. The van der Waals surface area contributed by atoms with Crippen molar-refractivity contribution in [1.29, 1.82) is 0 Å². The molecule has 0 bridgehead atoms. The van der Waals surface area contributed by atoms with Gasteiger partial charge in [0.2, 0.25) is 5.91 Å². The average molecular weight is 269 g/mol. The summed E-state index contributed by atoms with van der Waals surface area (Å²) in [5.74, 6) is 0.349. The third kappa shape index (κ3) is 4.67. The lowest BCUT2D eigenvalue weighted by atomic mass is 9.96. The second-order valence-corrected chi connectivity index (χ2v) is 5.06. The first-order chi connectivity index (χ1) is 8.54. The van der Waals surface area contributed by atoms with Gasteiger partial charge >= 0.3 is 0 Å². The van der Waals surface area contributed by atoms with Gasteiger partial charge in [0.15, 0.2) is 0 Å². The highest BCUT2D eigenvalue weighted by molar-refractivity contribution is 6.30. The molecule has 3 nitrogen and oxygen atoms in total. The van der Waals surface area contributed by atoms with E-state index < -0.39 is 0 Å². The van der Waals surface area contributed by atoms with Gasteiger partial charge in [0, 0.05) is 5.02 Å². The first-order valence-corrected chi connectivity index (χ1v) is 6.68. The van der Waals surface area contributed by atoms with Crippen LogP contribution in [-0.2, 0) is 4.79 Å². The fourth-order valence-corrected chi connectivity index (χ4v) is 1.89. The quantitative estimate of drug-likeness (QED) is 0.833. The lowest BCUT2D eigenvalue weighted by Crippen LogP contribution is -2.38. The van der Waals surface area contributed by atoms with Crippen LogP contribution in [0.4, 0.5) is 0 Å². The van der Waals surface area contributed by atoms with E-state index in [1.54, 1.807) is 0 Å². The van der Waals surface area contributed by atoms with Crippen molar-refractivity contribution < 1.29 is 4.79 Å². The number of hydrogen-bond donors (Lipinski definition) is 2. The number of rotatable bonds is 6. The second-order valence-electron chi connectivity index (χ2n) is 4.62. The highest BCUT2D eigenvalue weighted by Crippen LogP contribution is 2.23. The van der Waals surface area contributed by atoms with Crippen LogP contribution in [-0.4, -0.2) is 19.0 Å². The molecule has 1 unspecified atom stereocenters. The number of benzene rings is 1. The Kier molecular flexibility index (Phi) is 6.16. The second kappa shape index (κ2) is 7.39. The van der Waals surface area contributed by atoms with E-state index in [4.69, 9.17) is 11.6 Å². The van der Waals surface area contributed by atoms with Crippen molar-refractivity contribution in [3.05, 3.63) is 34.9 Å². The fourth-order valence-electron chi connectivity index (χ4n) is 1.77. The van der Waals surface area contributed by atoms with Gasteiger partial charge in [0.1, 0.15) is 0 Å². The van der Waals surface area contributed by atoms with Crippen LogP contribution >= 0.6 is 11.6 Å². The molecule has 2 N–H and O–H groups in total. The van der Waals surface area contributed by atoms with Gasteiger partial charge in [0.25, 0.3) is 0 Å². The van der Waals surface area contributed by atoms with E-state index in [9.17, 15) is 4.79 Å². The lowest BCUT2D eigenvalue weighted by Gasteiger charge is -2.23. The summed E-state index contributed by atoms with van der Waals surface area (Å²) in [4.78, 5) is 11.8. The van der Waals surface area contributed by atoms with Crippen molar-refractivity contribution in [2.45, 2.75) is 26.8 Å². The standard InChI is InChI=1S/C14H21ClN2O/c1-4-16-9-13(18)17-14(10(2)3)11-5-7-12(15)8-6-11/h5-8,10,14,16H,4,9H2,1-3H3,(H,17,18). The minimum atomic E-state index is 0.0190. The Morgan fingerprint density at radius 3 is 2.39 bits per heavy atom. The Hall–Kier alpha value is -1.06. The number of hydrogen-bond acceptors (Lipinski definition) is 2. The zero-order chi connectivity index (χ0) is 13.5. The molecule has 0 saturated carbocycles. The molecule has 0 aromatic heterocycles.